The summed E-state index contributed by atoms with van der Waals surface area (Å²) in [7, 11) is 0. The van der Waals surface area contributed by atoms with Crippen LogP contribution in [-0.4, -0.2) is 21.0 Å². The maximum absolute atomic E-state index is 10.6. The van der Waals surface area contributed by atoms with Crippen LogP contribution in [0.25, 0.3) is 11.0 Å². The lowest BCUT2D eigenvalue weighted by atomic mass is 10.1. The Bertz CT molecular complexity index is 493. The fraction of sp³-hybridized carbons (Fsp3) is 0.111. The summed E-state index contributed by atoms with van der Waals surface area (Å²) in [5.74, 6) is -0.850. The Morgan fingerprint density at radius 1 is 1.57 bits per heavy atom. The zero-order chi connectivity index (χ0) is 10.1. The highest BCUT2D eigenvalue weighted by Gasteiger charge is 2.08. The van der Waals surface area contributed by atoms with Gasteiger partial charge < -0.3 is 10.1 Å². The molecule has 1 aromatic heterocycles. The van der Waals surface area contributed by atoms with Crippen molar-refractivity contribution in [1.29, 1.82) is 0 Å². The average Bonchev–Trinajstić information content (AvgIpc) is 2.45. The van der Waals surface area contributed by atoms with Crippen LogP contribution in [0.15, 0.2) is 22.9 Å². The number of nitrogens with zero attached hydrogens (tertiary/aromatic N) is 1. The summed E-state index contributed by atoms with van der Waals surface area (Å²) in [6, 6.07) is 5.44. The number of aromatic nitrogens is 2. The number of nitrogens with one attached hydrogen (secondary N) is 1. The Kier molecular flexibility index (Phi) is 2.25. The Hall–Kier alpha value is -1.36. The number of carboxylic acid groups (broad SMARTS) is 1. The van der Waals surface area contributed by atoms with Crippen molar-refractivity contribution in [2.75, 3.05) is 0 Å². The zero-order valence-corrected chi connectivity index (χ0v) is 8.71. The highest BCUT2D eigenvalue weighted by molar-refractivity contribution is 9.10. The maximum atomic E-state index is 10.6. The monoisotopic (exact) mass is 254 g/mol. The molecule has 1 heterocycles. The molecular weight excluding hydrogens is 248 g/mol. The van der Waals surface area contributed by atoms with Crippen LogP contribution in [0.5, 0.6) is 0 Å². The lowest BCUT2D eigenvalue weighted by Gasteiger charge is -1.96. The number of fused-ring (bicyclic) bond motifs is 1. The predicted octanol–water partition coefficient (Wildman–Crippen LogP) is 1.95. The quantitative estimate of drug-likeness (QED) is 0.861. The summed E-state index contributed by atoms with van der Waals surface area (Å²) >= 11 is 3.21. The van der Waals surface area contributed by atoms with Gasteiger partial charge in [0.2, 0.25) is 0 Å². The number of imidazole rings is 1. The standard InChI is InChI=1S/C9H7BrN2O2/c10-9-11-6-3-1-2-5(4-7(13)14)8(6)12-9/h1-3H,4H2,(H,11,12)(H,13,14). The molecule has 0 aliphatic rings. The Labute approximate surface area is 88.1 Å². The molecule has 72 valence electrons. The van der Waals surface area contributed by atoms with Crippen LogP contribution >= 0.6 is 15.9 Å². The van der Waals surface area contributed by atoms with Gasteiger partial charge in [0.05, 0.1) is 17.5 Å². The van der Waals surface area contributed by atoms with Gasteiger partial charge in [-0.2, -0.15) is 0 Å². The van der Waals surface area contributed by atoms with Crippen LogP contribution < -0.4 is 0 Å². The number of H-pyrrole nitrogens is 1. The normalized spacial score (nSPS) is 10.6. The van der Waals surface area contributed by atoms with E-state index in [0.717, 1.165) is 11.1 Å². The lowest BCUT2D eigenvalue weighted by Crippen LogP contribution is -2.00. The molecule has 5 heteroatoms. The van der Waals surface area contributed by atoms with Gasteiger partial charge in [-0.05, 0) is 27.6 Å². The van der Waals surface area contributed by atoms with Crippen molar-refractivity contribution in [2.45, 2.75) is 6.42 Å². The summed E-state index contributed by atoms with van der Waals surface area (Å²) in [5.41, 5.74) is 2.27. The van der Waals surface area contributed by atoms with Gasteiger partial charge in [0.1, 0.15) is 0 Å². The number of halogens is 1. The van der Waals surface area contributed by atoms with E-state index in [1.165, 1.54) is 0 Å². The zero-order valence-electron chi connectivity index (χ0n) is 7.12. The SMILES string of the molecule is O=C(O)Cc1cccc2[nH]c(Br)nc12. The van der Waals surface area contributed by atoms with Crippen molar-refractivity contribution in [3.05, 3.63) is 28.5 Å². The van der Waals surface area contributed by atoms with Crippen molar-refractivity contribution in [3.63, 3.8) is 0 Å². The largest absolute Gasteiger partial charge is 0.481 e. The van der Waals surface area contributed by atoms with Crippen molar-refractivity contribution < 1.29 is 9.90 Å². The average molecular weight is 255 g/mol. The third-order valence-corrected chi connectivity index (χ3v) is 2.28. The Balaban J connectivity index is 2.58. The van der Waals surface area contributed by atoms with E-state index in [2.05, 4.69) is 25.9 Å². The first-order valence-corrected chi connectivity index (χ1v) is 4.81. The highest BCUT2D eigenvalue weighted by atomic mass is 79.9. The molecule has 4 nitrogen and oxygen atoms in total. The fourth-order valence-corrected chi connectivity index (χ4v) is 1.76. The molecule has 2 N–H and O–H groups in total. The fourth-order valence-electron chi connectivity index (χ4n) is 1.37. The molecule has 14 heavy (non-hydrogen) atoms. The molecule has 0 spiro atoms. The van der Waals surface area contributed by atoms with Crippen molar-refractivity contribution in [1.82, 2.24) is 9.97 Å². The smallest absolute Gasteiger partial charge is 0.307 e. The summed E-state index contributed by atoms with van der Waals surface area (Å²) < 4.78 is 0.616. The van der Waals surface area contributed by atoms with Gasteiger partial charge in [0.25, 0.3) is 0 Å². The van der Waals surface area contributed by atoms with E-state index in [4.69, 9.17) is 5.11 Å². The maximum Gasteiger partial charge on any atom is 0.307 e. The summed E-state index contributed by atoms with van der Waals surface area (Å²) in [6.45, 7) is 0. The van der Waals surface area contributed by atoms with Crippen LogP contribution in [0.1, 0.15) is 5.56 Å². The Morgan fingerprint density at radius 3 is 3.07 bits per heavy atom. The molecule has 0 aliphatic carbocycles. The summed E-state index contributed by atoms with van der Waals surface area (Å²) in [5, 5.41) is 8.68. The predicted molar refractivity (Wildman–Crippen MR) is 55.1 cm³/mol. The number of para-hydroxylation sites is 1. The third-order valence-electron chi connectivity index (χ3n) is 1.91. The molecule has 0 aliphatic heterocycles. The van der Waals surface area contributed by atoms with E-state index in [0.29, 0.717) is 10.3 Å². The number of hydrogen-bond donors (Lipinski definition) is 2. The van der Waals surface area contributed by atoms with Gasteiger partial charge in [0.15, 0.2) is 4.73 Å². The van der Waals surface area contributed by atoms with Gasteiger partial charge in [-0.1, -0.05) is 12.1 Å². The van der Waals surface area contributed by atoms with E-state index < -0.39 is 5.97 Å². The Morgan fingerprint density at radius 2 is 2.36 bits per heavy atom. The first-order chi connectivity index (χ1) is 6.66. The second kappa shape index (κ2) is 3.42. The van der Waals surface area contributed by atoms with Crippen molar-refractivity contribution in [3.8, 4) is 0 Å². The molecular formula is C9H7BrN2O2. The van der Waals surface area contributed by atoms with Crippen LogP contribution in [-0.2, 0) is 11.2 Å². The van der Waals surface area contributed by atoms with Crippen LogP contribution in [0.2, 0.25) is 0 Å². The van der Waals surface area contributed by atoms with Crippen molar-refractivity contribution in [2.24, 2.45) is 0 Å². The first-order valence-electron chi connectivity index (χ1n) is 4.02. The van der Waals surface area contributed by atoms with Gasteiger partial charge in [-0.15, -0.1) is 0 Å². The van der Waals surface area contributed by atoms with Crippen LogP contribution in [0.3, 0.4) is 0 Å². The van der Waals surface area contributed by atoms with E-state index >= 15 is 0 Å². The number of aliphatic carboxylic acids is 1. The number of carbonyl (C=O) groups is 1. The number of benzene rings is 1. The topological polar surface area (TPSA) is 66.0 Å². The number of rotatable bonds is 2. The van der Waals surface area contributed by atoms with Gasteiger partial charge in [0, 0.05) is 0 Å². The van der Waals surface area contributed by atoms with Crippen LogP contribution in [0, 0.1) is 0 Å². The molecule has 0 bridgehead atoms. The number of aromatic amines is 1. The van der Waals surface area contributed by atoms with E-state index in [1.807, 2.05) is 12.1 Å². The minimum absolute atomic E-state index is 0.00532. The molecule has 0 radical (unpaired) electrons. The summed E-state index contributed by atoms with van der Waals surface area (Å²) in [4.78, 5) is 17.7. The van der Waals surface area contributed by atoms with E-state index in [-0.39, 0.29) is 6.42 Å². The molecule has 0 atom stereocenters. The highest BCUT2D eigenvalue weighted by Crippen LogP contribution is 2.19. The van der Waals surface area contributed by atoms with Crippen molar-refractivity contribution >= 4 is 32.9 Å². The summed E-state index contributed by atoms with van der Waals surface area (Å²) in [6.07, 6.45) is -0.00532. The molecule has 0 unspecified atom stereocenters. The molecule has 2 aromatic rings. The minimum atomic E-state index is -0.850. The van der Waals surface area contributed by atoms with E-state index in [9.17, 15) is 4.79 Å². The van der Waals surface area contributed by atoms with E-state index in [1.54, 1.807) is 6.07 Å². The lowest BCUT2D eigenvalue weighted by molar-refractivity contribution is -0.136. The third kappa shape index (κ3) is 1.63. The first kappa shape index (κ1) is 9.21. The second-order valence-electron chi connectivity index (χ2n) is 2.91. The molecule has 1 aromatic carbocycles. The number of carboxylic acids is 1. The van der Waals surface area contributed by atoms with Gasteiger partial charge in [-0.25, -0.2) is 4.98 Å². The molecule has 2 rings (SSSR count). The number of hydrogen-bond acceptors (Lipinski definition) is 2. The molecule has 0 amide bonds. The van der Waals surface area contributed by atoms with Gasteiger partial charge >= 0.3 is 5.97 Å². The minimum Gasteiger partial charge on any atom is -0.481 e. The molecule has 0 saturated carbocycles. The van der Waals surface area contributed by atoms with Crippen LogP contribution in [0.4, 0.5) is 0 Å². The second-order valence-corrected chi connectivity index (χ2v) is 3.66. The van der Waals surface area contributed by atoms with Gasteiger partial charge in [-0.3, -0.25) is 4.79 Å². The molecule has 0 fully saturated rings. The molecule has 0 saturated heterocycles.